The Hall–Kier alpha value is -1.95. The summed E-state index contributed by atoms with van der Waals surface area (Å²) in [6.07, 6.45) is 5.27. The zero-order valence-electron chi connectivity index (χ0n) is 15.0. The number of hydrogen-bond acceptors (Lipinski definition) is 5. The minimum absolute atomic E-state index is 0.0751. The van der Waals surface area contributed by atoms with Crippen LogP contribution < -0.4 is 0 Å². The Bertz CT molecular complexity index is 554. The van der Waals surface area contributed by atoms with E-state index in [1.165, 1.54) is 6.92 Å². The Morgan fingerprint density at radius 2 is 1.80 bits per heavy atom. The molecule has 1 fully saturated rings. The third kappa shape index (κ3) is 6.12. The number of benzene rings is 1. The average molecular weight is 348 g/mol. The van der Waals surface area contributed by atoms with Gasteiger partial charge in [0.15, 0.2) is 0 Å². The number of hydrogen-bond donors (Lipinski definition) is 0. The number of nitro groups is 1. The average Bonchev–Trinajstić information content (AvgIpc) is 2.59. The maximum absolute atomic E-state index is 11.6. The quantitative estimate of drug-likeness (QED) is 0.296. The molecule has 1 saturated heterocycles. The van der Waals surface area contributed by atoms with E-state index in [0.29, 0.717) is 6.42 Å². The van der Waals surface area contributed by atoms with Crippen LogP contribution in [0, 0.1) is 10.1 Å². The van der Waals surface area contributed by atoms with E-state index in [1.807, 2.05) is 30.3 Å². The predicted octanol–water partition coefficient (Wildman–Crippen LogP) is 3.38. The Morgan fingerprint density at radius 3 is 2.40 bits per heavy atom. The van der Waals surface area contributed by atoms with E-state index in [0.717, 1.165) is 57.3 Å². The third-order valence-electron chi connectivity index (χ3n) is 4.87. The van der Waals surface area contributed by atoms with Gasteiger partial charge in [-0.3, -0.25) is 14.9 Å². The highest BCUT2D eigenvalue weighted by Crippen LogP contribution is 2.37. The molecular formula is C19H28N2O4. The lowest BCUT2D eigenvalue weighted by molar-refractivity contribution is -0.480. The van der Waals surface area contributed by atoms with Gasteiger partial charge in [-0.2, -0.15) is 0 Å². The van der Waals surface area contributed by atoms with E-state index in [2.05, 4.69) is 4.90 Å². The van der Waals surface area contributed by atoms with Crippen molar-refractivity contribution in [2.45, 2.75) is 51.0 Å². The fourth-order valence-electron chi connectivity index (χ4n) is 3.53. The second-order valence-corrected chi connectivity index (χ2v) is 6.77. The zero-order valence-corrected chi connectivity index (χ0v) is 15.0. The summed E-state index contributed by atoms with van der Waals surface area (Å²) in [7, 11) is 0. The maximum atomic E-state index is 11.6. The molecule has 25 heavy (non-hydrogen) atoms. The molecule has 1 aromatic rings. The second-order valence-electron chi connectivity index (χ2n) is 6.77. The number of unbranched alkanes of at least 4 members (excludes halogenated alkanes) is 3. The minimum Gasteiger partial charge on any atom is -0.454 e. The monoisotopic (exact) mass is 348 g/mol. The number of nitrogens with zero attached hydrogens (tertiary/aromatic N) is 2. The lowest BCUT2D eigenvalue weighted by Gasteiger charge is -2.41. The molecule has 6 nitrogen and oxygen atoms in total. The number of esters is 1. The summed E-state index contributed by atoms with van der Waals surface area (Å²) in [5, 5.41) is 10.3. The molecule has 6 heteroatoms. The minimum atomic E-state index is -0.505. The summed E-state index contributed by atoms with van der Waals surface area (Å²) in [5.74, 6) is -0.233. The molecule has 1 aliphatic heterocycles. The molecule has 0 amide bonds. The van der Waals surface area contributed by atoms with Crippen LogP contribution in [0.1, 0.15) is 51.0 Å². The molecule has 0 unspecified atom stereocenters. The molecule has 0 aliphatic carbocycles. The van der Waals surface area contributed by atoms with Gasteiger partial charge in [0.1, 0.15) is 5.60 Å². The van der Waals surface area contributed by atoms with E-state index in [4.69, 9.17) is 4.74 Å². The molecule has 0 atom stereocenters. The van der Waals surface area contributed by atoms with Gasteiger partial charge in [0.2, 0.25) is 6.54 Å². The third-order valence-corrected chi connectivity index (χ3v) is 4.87. The van der Waals surface area contributed by atoms with Gasteiger partial charge in [0.05, 0.1) is 0 Å². The maximum Gasteiger partial charge on any atom is 0.303 e. The fourth-order valence-corrected chi connectivity index (χ4v) is 3.53. The van der Waals surface area contributed by atoms with E-state index >= 15 is 0 Å². The van der Waals surface area contributed by atoms with E-state index in [-0.39, 0.29) is 17.4 Å². The molecule has 0 spiro atoms. The lowest BCUT2D eigenvalue weighted by Crippen LogP contribution is -2.45. The van der Waals surface area contributed by atoms with Crippen LogP contribution in [0.4, 0.5) is 0 Å². The van der Waals surface area contributed by atoms with Crippen LogP contribution in [0.3, 0.4) is 0 Å². The second kappa shape index (κ2) is 9.51. The summed E-state index contributed by atoms with van der Waals surface area (Å²) in [5.41, 5.74) is 0.569. The van der Waals surface area contributed by atoms with Gasteiger partial charge in [-0.05, 0) is 24.9 Å². The van der Waals surface area contributed by atoms with Gasteiger partial charge < -0.3 is 9.64 Å². The van der Waals surface area contributed by atoms with Crippen molar-refractivity contribution >= 4 is 5.97 Å². The van der Waals surface area contributed by atoms with Crippen LogP contribution >= 0.6 is 0 Å². The first-order chi connectivity index (χ1) is 12.0. The van der Waals surface area contributed by atoms with E-state index in [9.17, 15) is 14.9 Å². The highest BCUT2D eigenvalue weighted by molar-refractivity contribution is 5.67. The van der Waals surface area contributed by atoms with Crippen molar-refractivity contribution in [3.8, 4) is 0 Å². The van der Waals surface area contributed by atoms with Crippen molar-refractivity contribution in [3.05, 3.63) is 46.0 Å². The first kappa shape index (κ1) is 19.4. The Balaban J connectivity index is 1.79. The molecule has 0 saturated carbocycles. The lowest BCUT2D eigenvalue weighted by atomic mass is 9.84. The van der Waals surface area contributed by atoms with Crippen LogP contribution in [0.5, 0.6) is 0 Å². The Labute approximate surface area is 149 Å². The van der Waals surface area contributed by atoms with E-state index in [1.54, 1.807) is 0 Å². The van der Waals surface area contributed by atoms with Crippen molar-refractivity contribution in [1.82, 2.24) is 4.90 Å². The molecular weight excluding hydrogens is 320 g/mol. The number of likely N-dealkylation sites (tertiary alicyclic amines) is 1. The number of rotatable bonds is 9. The highest BCUT2D eigenvalue weighted by atomic mass is 16.6. The van der Waals surface area contributed by atoms with Crippen LogP contribution in [0.15, 0.2) is 30.3 Å². The smallest absolute Gasteiger partial charge is 0.303 e. The van der Waals surface area contributed by atoms with Crippen molar-refractivity contribution in [2.75, 3.05) is 26.2 Å². The first-order valence-corrected chi connectivity index (χ1v) is 9.11. The summed E-state index contributed by atoms with van der Waals surface area (Å²) < 4.78 is 5.76. The van der Waals surface area contributed by atoms with Crippen molar-refractivity contribution in [1.29, 1.82) is 0 Å². The summed E-state index contributed by atoms with van der Waals surface area (Å²) in [4.78, 5) is 24.1. The largest absolute Gasteiger partial charge is 0.454 e. The normalized spacial score (nSPS) is 17.2. The molecule has 0 radical (unpaired) electrons. The van der Waals surface area contributed by atoms with Crippen LogP contribution in [-0.4, -0.2) is 42.0 Å². The van der Waals surface area contributed by atoms with Crippen LogP contribution in [-0.2, 0) is 15.1 Å². The van der Waals surface area contributed by atoms with Gasteiger partial charge in [-0.15, -0.1) is 0 Å². The van der Waals surface area contributed by atoms with Gasteiger partial charge in [-0.25, -0.2) is 0 Å². The summed E-state index contributed by atoms with van der Waals surface area (Å²) in [6, 6.07) is 10.0. The molecule has 2 rings (SSSR count). The van der Waals surface area contributed by atoms with Crippen molar-refractivity contribution in [3.63, 3.8) is 0 Å². The van der Waals surface area contributed by atoms with Crippen LogP contribution in [0.2, 0.25) is 0 Å². The van der Waals surface area contributed by atoms with Crippen molar-refractivity contribution < 1.29 is 14.5 Å². The number of ether oxygens (including phenoxy) is 1. The summed E-state index contributed by atoms with van der Waals surface area (Å²) >= 11 is 0. The fraction of sp³-hybridized carbons (Fsp3) is 0.632. The van der Waals surface area contributed by atoms with Crippen molar-refractivity contribution in [2.24, 2.45) is 0 Å². The highest BCUT2D eigenvalue weighted by Gasteiger charge is 2.38. The number of carbonyl (C=O) groups excluding carboxylic acids is 1. The molecule has 138 valence electrons. The Morgan fingerprint density at radius 1 is 1.16 bits per heavy atom. The number of piperidine rings is 1. The molecule has 0 aromatic heterocycles. The molecule has 0 N–H and O–H groups in total. The molecule has 0 bridgehead atoms. The van der Waals surface area contributed by atoms with Gasteiger partial charge in [0, 0.05) is 44.2 Å². The molecule has 1 aromatic carbocycles. The Kier molecular flexibility index (Phi) is 7.37. The predicted molar refractivity (Wildman–Crippen MR) is 95.9 cm³/mol. The standard InChI is InChI=1S/C19H28N2O4/c1-17(22)25-19(18-9-5-4-6-10-18)11-15-20(16-12-19)13-7-2-3-8-14-21(23)24/h4-6,9-10H,2-3,7-8,11-16H2,1H3. The summed E-state index contributed by atoms with van der Waals surface area (Å²) in [6.45, 7) is 4.35. The van der Waals surface area contributed by atoms with Gasteiger partial charge >= 0.3 is 5.97 Å². The topological polar surface area (TPSA) is 72.7 Å². The number of carbonyl (C=O) groups is 1. The molecule has 1 aliphatic rings. The van der Waals surface area contributed by atoms with Gasteiger partial charge in [-0.1, -0.05) is 36.8 Å². The SMILES string of the molecule is CC(=O)OC1(c2ccccc2)CCN(CCCCCC[N+](=O)[O-])CC1. The van der Waals surface area contributed by atoms with Gasteiger partial charge in [0.25, 0.3) is 0 Å². The molecule has 1 heterocycles. The van der Waals surface area contributed by atoms with E-state index < -0.39 is 5.60 Å². The first-order valence-electron chi connectivity index (χ1n) is 9.11. The zero-order chi connectivity index (χ0) is 18.1. The van der Waals surface area contributed by atoms with Crippen LogP contribution in [0.25, 0.3) is 0 Å².